The van der Waals surface area contributed by atoms with Gasteiger partial charge in [0.05, 0.1) is 6.10 Å². The van der Waals surface area contributed by atoms with Gasteiger partial charge in [-0.05, 0) is 24.7 Å². The minimum atomic E-state index is -0.00579. The van der Waals surface area contributed by atoms with Crippen molar-refractivity contribution in [3.05, 3.63) is 0 Å². The largest absolute Gasteiger partial charge is 0.393 e. The standard InChI is InChI=1S/C9H18O/c1-3-8-5-4-7(2)6-9(8)10/h7-10H,3-6H2,1-2H3/t7-,8-,9-/m1/s1. The maximum atomic E-state index is 9.54. The van der Waals surface area contributed by atoms with Crippen molar-refractivity contribution in [3.8, 4) is 0 Å². The molecule has 1 aliphatic carbocycles. The molecule has 1 saturated carbocycles. The zero-order valence-corrected chi connectivity index (χ0v) is 7.01. The minimum Gasteiger partial charge on any atom is -0.393 e. The molecule has 0 aromatic carbocycles. The van der Waals surface area contributed by atoms with Crippen molar-refractivity contribution in [2.75, 3.05) is 0 Å². The van der Waals surface area contributed by atoms with E-state index < -0.39 is 0 Å². The molecule has 1 N–H and O–H groups in total. The summed E-state index contributed by atoms with van der Waals surface area (Å²) in [6, 6.07) is 0. The van der Waals surface area contributed by atoms with E-state index in [2.05, 4.69) is 13.8 Å². The van der Waals surface area contributed by atoms with E-state index in [-0.39, 0.29) is 6.10 Å². The highest BCUT2D eigenvalue weighted by Crippen LogP contribution is 2.30. The summed E-state index contributed by atoms with van der Waals surface area (Å²) in [5.41, 5.74) is 0. The molecule has 0 heterocycles. The predicted octanol–water partition coefficient (Wildman–Crippen LogP) is 2.19. The molecule has 10 heavy (non-hydrogen) atoms. The van der Waals surface area contributed by atoms with Gasteiger partial charge in [-0.15, -0.1) is 0 Å². The van der Waals surface area contributed by atoms with E-state index in [1.807, 2.05) is 0 Å². The fourth-order valence-electron chi connectivity index (χ4n) is 1.89. The molecule has 0 aromatic rings. The van der Waals surface area contributed by atoms with Crippen LogP contribution in [-0.2, 0) is 0 Å². The van der Waals surface area contributed by atoms with Crippen molar-refractivity contribution in [2.45, 2.75) is 45.6 Å². The summed E-state index contributed by atoms with van der Waals surface area (Å²) in [5.74, 6) is 1.34. The fraction of sp³-hybridized carbons (Fsp3) is 1.00. The van der Waals surface area contributed by atoms with Gasteiger partial charge < -0.3 is 5.11 Å². The highest BCUT2D eigenvalue weighted by Gasteiger charge is 2.24. The molecule has 3 atom stereocenters. The van der Waals surface area contributed by atoms with Crippen LogP contribution in [0.2, 0.25) is 0 Å². The quantitative estimate of drug-likeness (QED) is 0.595. The molecule has 60 valence electrons. The average molecular weight is 142 g/mol. The van der Waals surface area contributed by atoms with Gasteiger partial charge in [0.15, 0.2) is 0 Å². The molecule has 0 unspecified atom stereocenters. The Morgan fingerprint density at radius 2 is 2.10 bits per heavy atom. The Bertz CT molecular complexity index is 101. The van der Waals surface area contributed by atoms with Gasteiger partial charge in [0.2, 0.25) is 0 Å². The molecule has 1 rings (SSSR count). The zero-order valence-electron chi connectivity index (χ0n) is 7.01. The number of hydrogen-bond donors (Lipinski definition) is 1. The van der Waals surface area contributed by atoms with Gasteiger partial charge in [-0.3, -0.25) is 0 Å². The van der Waals surface area contributed by atoms with E-state index in [4.69, 9.17) is 0 Å². The van der Waals surface area contributed by atoms with Crippen molar-refractivity contribution in [1.29, 1.82) is 0 Å². The van der Waals surface area contributed by atoms with Crippen molar-refractivity contribution in [2.24, 2.45) is 11.8 Å². The van der Waals surface area contributed by atoms with E-state index in [0.717, 1.165) is 18.8 Å². The second-order valence-electron chi connectivity index (χ2n) is 3.65. The molecule has 1 fully saturated rings. The van der Waals surface area contributed by atoms with E-state index in [1.54, 1.807) is 0 Å². The fourth-order valence-corrected chi connectivity index (χ4v) is 1.89. The Balaban J connectivity index is 2.36. The summed E-state index contributed by atoms with van der Waals surface area (Å²) in [7, 11) is 0. The highest BCUT2D eigenvalue weighted by molar-refractivity contribution is 4.76. The number of rotatable bonds is 1. The van der Waals surface area contributed by atoms with Gasteiger partial charge in [0.1, 0.15) is 0 Å². The third-order valence-corrected chi connectivity index (χ3v) is 2.74. The van der Waals surface area contributed by atoms with Crippen LogP contribution >= 0.6 is 0 Å². The molecule has 0 amide bonds. The van der Waals surface area contributed by atoms with Crippen LogP contribution in [0.4, 0.5) is 0 Å². The minimum absolute atomic E-state index is 0.00579. The second kappa shape index (κ2) is 3.38. The van der Waals surface area contributed by atoms with Crippen LogP contribution in [0.3, 0.4) is 0 Å². The first kappa shape index (κ1) is 8.06. The zero-order chi connectivity index (χ0) is 7.56. The summed E-state index contributed by atoms with van der Waals surface area (Å²) >= 11 is 0. The van der Waals surface area contributed by atoms with Gasteiger partial charge >= 0.3 is 0 Å². The Labute approximate surface area is 63.4 Å². The molecule has 0 aliphatic heterocycles. The second-order valence-corrected chi connectivity index (χ2v) is 3.65. The lowest BCUT2D eigenvalue weighted by molar-refractivity contribution is 0.0472. The first-order valence-corrected chi connectivity index (χ1v) is 4.42. The number of hydrogen-bond acceptors (Lipinski definition) is 1. The van der Waals surface area contributed by atoms with Crippen molar-refractivity contribution >= 4 is 0 Å². The molecule has 0 aromatic heterocycles. The van der Waals surface area contributed by atoms with E-state index in [0.29, 0.717) is 5.92 Å². The smallest absolute Gasteiger partial charge is 0.0570 e. The normalized spacial score (nSPS) is 41.7. The lowest BCUT2D eigenvalue weighted by atomic mass is 9.79. The summed E-state index contributed by atoms with van der Waals surface area (Å²) in [4.78, 5) is 0. The average Bonchev–Trinajstić information content (AvgIpc) is 1.88. The third-order valence-electron chi connectivity index (χ3n) is 2.74. The maximum Gasteiger partial charge on any atom is 0.0570 e. The van der Waals surface area contributed by atoms with Crippen LogP contribution in [0, 0.1) is 11.8 Å². The number of aliphatic hydroxyl groups excluding tert-OH is 1. The van der Waals surface area contributed by atoms with E-state index >= 15 is 0 Å². The Morgan fingerprint density at radius 3 is 2.60 bits per heavy atom. The van der Waals surface area contributed by atoms with Gasteiger partial charge in [-0.2, -0.15) is 0 Å². The maximum absolute atomic E-state index is 9.54. The number of aliphatic hydroxyl groups is 1. The van der Waals surface area contributed by atoms with Gasteiger partial charge in [0.25, 0.3) is 0 Å². The summed E-state index contributed by atoms with van der Waals surface area (Å²) in [6.07, 6.45) is 4.72. The van der Waals surface area contributed by atoms with Crippen LogP contribution in [0.1, 0.15) is 39.5 Å². The van der Waals surface area contributed by atoms with Gasteiger partial charge in [-0.1, -0.05) is 26.7 Å². The molecule has 0 bridgehead atoms. The van der Waals surface area contributed by atoms with Crippen molar-refractivity contribution < 1.29 is 5.11 Å². The monoisotopic (exact) mass is 142 g/mol. The Morgan fingerprint density at radius 1 is 1.40 bits per heavy atom. The molecule has 0 spiro atoms. The Kier molecular flexibility index (Phi) is 2.72. The lowest BCUT2D eigenvalue weighted by Gasteiger charge is -2.30. The Hall–Kier alpha value is -0.0400. The van der Waals surface area contributed by atoms with Crippen LogP contribution in [-0.4, -0.2) is 11.2 Å². The van der Waals surface area contributed by atoms with Crippen molar-refractivity contribution in [1.82, 2.24) is 0 Å². The molecule has 0 saturated heterocycles. The molecular weight excluding hydrogens is 124 g/mol. The highest BCUT2D eigenvalue weighted by atomic mass is 16.3. The van der Waals surface area contributed by atoms with Gasteiger partial charge in [-0.25, -0.2) is 0 Å². The first-order valence-electron chi connectivity index (χ1n) is 4.42. The summed E-state index contributed by atoms with van der Waals surface area (Å²) in [6.45, 7) is 4.40. The SMILES string of the molecule is CC[C@@H]1CC[C@@H](C)C[C@H]1O. The van der Waals surface area contributed by atoms with Crippen LogP contribution < -0.4 is 0 Å². The topological polar surface area (TPSA) is 20.2 Å². The molecule has 0 radical (unpaired) electrons. The molecular formula is C9H18O. The molecule has 1 heteroatoms. The van der Waals surface area contributed by atoms with Crippen LogP contribution in [0.15, 0.2) is 0 Å². The van der Waals surface area contributed by atoms with Gasteiger partial charge in [0, 0.05) is 0 Å². The summed E-state index contributed by atoms with van der Waals surface area (Å²) < 4.78 is 0. The third kappa shape index (κ3) is 1.72. The van der Waals surface area contributed by atoms with Crippen LogP contribution in [0.5, 0.6) is 0 Å². The molecule has 1 aliphatic rings. The van der Waals surface area contributed by atoms with E-state index in [9.17, 15) is 5.11 Å². The first-order chi connectivity index (χ1) is 4.74. The predicted molar refractivity (Wildman–Crippen MR) is 42.8 cm³/mol. The molecule has 1 nitrogen and oxygen atoms in total. The lowest BCUT2D eigenvalue weighted by Crippen LogP contribution is -2.27. The summed E-state index contributed by atoms with van der Waals surface area (Å²) in [5, 5.41) is 9.54. The van der Waals surface area contributed by atoms with E-state index in [1.165, 1.54) is 12.8 Å². The van der Waals surface area contributed by atoms with Crippen molar-refractivity contribution in [3.63, 3.8) is 0 Å². The van der Waals surface area contributed by atoms with Crippen LogP contribution in [0.25, 0.3) is 0 Å².